The van der Waals surface area contributed by atoms with Crippen molar-refractivity contribution in [2.75, 3.05) is 18.0 Å². The minimum absolute atomic E-state index is 0.580. The predicted octanol–water partition coefficient (Wildman–Crippen LogP) is 4.02. The van der Waals surface area contributed by atoms with Crippen molar-refractivity contribution >= 4 is 5.69 Å². The number of nitrogens with zero attached hydrogens (tertiary/aromatic N) is 1. The Kier molecular flexibility index (Phi) is 5.09. The van der Waals surface area contributed by atoms with Crippen LogP contribution in [0.15, 0.2) is 24.3 Å². The third kappa shape index (κ3) is 3.17. The summed E-state index contributed by atoms with van der Waals surface area (Å²) in [4.78, 5) is 2.65. The standard InChI is InChI=1S/C18H30N2/c1-6-15-11-19-17(14(4)5)12-20(15)18-10-8-7-9-16(18)13(2)3/h7-10,13-15,17,19H,6,11-12H2,1-5H3. The van der Waals surface area contributed by atoms with Gasteiger partial charge in [-0.2, -0.15) is 0 Å². The van der Waals surface area contributed by atoms with Gasteiger partial charge in [0, 0.05) is 30.9 Å². The van der Waals surface area contributed by atoms with Crippen molar-refractivity contribution in [3.05, 3.63) is 29.8 Å². The quantitative estimate of drug-likeness (QED) is 0.892. The lowest BCUT2D eigenvalue weighted by molar-refractivity contribution is 0.324. The van der Waals surface area contributed by atoms with Gasteiger partial charge in [-0.25, -0.2) is 0 Å². The number of hydrogen-bond donors (Lipinski definition) is 1. The maximum Gasteiger partial charge on any atom is 0.0412 e. The van der Waals surface area contributed by atoms with E-state index < -0.39 is 0 Å². The van der Waals surface area contributed by atoms with E-state index in [1.807, 2.05) is 0 Å². The highest BCUT2D eigenvalue weighted by Gasteiger charge is 2.29. The summed E-state index contributed by atoms with van der Waals surface area (Å²) >= 11 is 0. The Bertz CT molecular complexity index is 425. The molecule has 1 fully saturated rings. The van der Waals surface area contributed by atoms with Crippen molar-refractivity contribution in [1.29, 1.82) is 0 Å². The van der Waals surface area contributed by atoms with Crippen molar-refractivity contribution < 1.29 is 0 Å². The zero-order valence-corrected chi connectivity index (χ0v) is 13.7. The first-order valence-corrected chi connectivity index (χ1v) is 8.13. The lowest BCUT2D eigenvalue weighted by atomic mass is 9.94. The molecule has 0 bridgehead atoms. The molecule has 0 aliphatic carbocycles. The molecular weight excluding hydrogens is 244 g/mol. The second-order valence-corrected chi connectivity index (χ2v) is 6.69. The van der Waals surface area contributed by atoms with Gasteiger partial charge in [0.05, 0.1) is 0 Å². The molecule has 1 saturated heterocycles. The first-order valence-electron chi connectivity index (χ1n) is 8.13. The van der Waals surface area contributed by atoms with Crippen LogP contribution in [0.5, 0.6) is 0 Å². The molecule has 1 aromatic rings. The summed E-state index contributed by atoms with van der Waals surface area (Å²) < 4.78 is 0. The van der Waals surface area contributed by atoms with Gasteiger partial charge in [0.1, 0.15) is 0 Å². The SMILES string of the molecule is CCC1CNC(C(C)C)CN1c1ccccc1C(C)C. The summed E-state index contributed by atoms with van der Waals surface area (Å²) in [6.45, 7) is 13.7. The highest BCUT2D eigenvalue weighted by molar-refractivity contribution is 5.56. The summed E-state index contributed by atoms with van der Waals surface area (Å²) in [5.74, 6) is 1.26. The molecule has 1 aliphatic rings. The lowest BCUT2D eigenvalue weighted by Gasteiger charge is -2.44. The van der Waals surface area contributed by atoms with E-state index in [0.29, 0.717) is 23.9 Å². The molecule has 2 atom stereocenters. The van der Waals surface area contributed by atoms with Crippen molar-refractivity contribution in [2.24, 2.45) is 5.92 Å². The van der Waals surface area contributed by atoms with Crippen LogP contribution in [0.2, 0.25) is 0 Å². The first kappa shape index (κ1) is 15.4. The topological polar surface area (TPSA) is 15.3 Å². The van der Waals surface area contributed by atoms with Crippen molar-refractivity contribution in [1.82, 2.24) is 5.32 Å². The molecule has 0 spiro atoms. The molecule has 2 rings (SSSR count). The fourth-order valence-corrected chi connectivity index (χ4v) is 3.17. The number of benzene rings is 1. The average Bonchev–Trinajstić information content (AvgIpc) is 2.46. The smallest absolute Gasteiger partial charge is 0.0412 e. The number of para-hydroxylation sites is 1. The summed E-state index contributed by atoms with van der Waals surface area (Å²) in [6, 6.07) is 10.2. The largest absolute Gasteiger partial charge is 0.365 e. The van der Waals surface area contributed by atoms with Gasteiger partial charge in [0.15, 0.2) is 0 Å². The van der Waals surface area contributed by atoms with Crippen LogP contribution in [0.1, 0.15) is 52.5 Å². The molecular formula is C18H30N2. The Morgan fingerprint density at radius 3 is 2.50 bits per heavy atom. The number of anilines is 1. The van der Waals surface area contributed by atoms with Crippen molar-refractivity contribution in [2.45, 2.75) is 59.0 Å². The molecule has 0 radical (unpaired) electrons. The third-order valence-corrected chi connectivity index (χ3v) is 4.59. The number of hydrogen-bond acceptors (Lipinski definition) is 2. The monoisotopic (exact) mass is 274 g/mol. The van der Waals surface area contributed by atoms with Crippen LogP contribution >= 0.6 is 0 Å². The highest BCUT2D eigenvalue weighted by Crippen LogP contribution is 2.31. The summed E-state index contributed by atoms with van der Waals surface area (Å²) in [6.07, 6.45) is 1.20. The van der Waals surface area contributed by atoms with Gasteiger partial charge < -0.3 is 10.2 Å². The predicted molar refractivity (Wildman–Crippen MR) is 88.6 cm³/mol. The van der Waals surface area contributed by atoms with Gasteiger partial charge in [0.25, 0.3) is 0 Å². The van der Waals surface area contributed by atoms with E-state index in [1.165, 1.54) is 17.7 Å². The second-order valence-electron chi connectivity index (χ2n) is 6.69. The molecule has 1 aliphatic heterocycles. The molecule has 2 unspecified atom stereocenters. The number of piperazine rings is 1. The molecule has 0 aromatic heterocycles. The van der Waals surface area contributed by atoms with Gasteiger partial charge in [-0.15, -0.1) is 0 Å². The second kappa shape index (κ2) is 6.62. The summed E-state index contributed by atoms with van der Waals surface area (Å²) in [7, 11) is 0. The summed E-state index contributed by atoms with van der Waals surface area (Å²) in [5.41, 5.74) is 2.93. The van der Waals surface area contributed by atoms with Gasteiger partial charge in [-0.3, -0.25) is 0 Å². The van der Waals surface area contributed by atoms with Crippen LogP contribution in [0.4, 0.5) is 5.69 Å². The fraction of sp³-hybridized carbons (Fsp3) is 0.667. The van der Waals surface area contributed by atoms with E-state index in [9.17, 15) is 0 Å². The Hall–Kier alpha value is -1.02. The van der Waals surface area contributed by atoms with Crippen LogP contribution < -0.4 is 10.2 Å². The molecule has 1 N–H and O–H groups in total. The summed E-state index contributed by atoms with van der Waals surface area (Å²) in [5, 5.41) is 3.73. The van der Waals surface area contributed by atoms with Gasteiger partial charge in [-0.1, -0.05) is 52.8 Å². The third-order valence-electron chi connectivity index (χ3n) is 4.59. The van der Waals surface area contributed by atoms with Crippen LogP contribution in [0.25, 0.3) is 0 Å². The van der Waals surface area contributed by atoms with E-state index in [4.69, 9.17) is 0 Å². The zero-order chi connectivity index (χ0) is 14.7. The molecule has 0 amide bonds. The molecule has 1 heterocycles. The van der Waals surface area contributed by atoms with Gasteiger partial charge in [-0.05, 0) is 29.9 Å². The minimum Gasteiger partial charge on any atom is -0.365 e. The van der Waals surface area contributed by atoms with E-state index in [0.717, 1.165) is 13.1 Å². The molecule has 112 valence electrons. The lowest BCUT2D eigenvalue weighted by Crippen LogP contribution is -2.58. The Labute approximate surface area is 124 Å². The maximum absolute atomic E-state index is 3.73. The van der Waals surface area contributed by atoms with E-state index >= 15 is 0 Å². The Morgan fingerprint density at radius 1 is 1.20 bits per heavy atom. The first-order chi connectivity index (χ1) is 9.54. The van der Waals surface area contributed by atoms with Gasteiger partial charge in [0.2, 0.25) is 0 Å². The zero-order valence-electron chi connectivity index (χ0n) is 13.7. The normalized spacial score (nSPS) is 23.6. The van der Waals surface area contributed by atoms with Crippen molar-refractivity contribution in [3.8, 4) is 0 Å². The maximum atomic E-state index is 3.73. The van der Waals surface area contributed by atoms with Gasteiger partial charge >= 0.3 is 0 Å². The van der Waals surface area contributed by atoms with Crippen molar-refractivity contribution in [3.63, 3.8) is 0 Å². The van der Waals surface area contributed by atoms with Crippen LogP contribution in [-0.4, -0.2) is 25.2 Å². The van der Waals surface area contributed by atoms with E-state index in [-0.39, 0.29) is 0 Å². The number of rotatable bonds is 4. The number of nitrogens with one attached hydrogen (secondary N) is 1. The highest BCUT2D eigenvalue weighted by atomic mass is 15.2. The Balaban J connectivity index is 2.31. The molecule has 20 heavy (non-hydrogen) atoms. The van der Waals surface area contributed by atoms with Crippen LogP contribution in [0.3, 0.4) is 0 Å². The molecule has 1 aromatic carbocycles. The molecule has 2 nitrogen and oxygen atoms in total. The molecule has 0 saturated carbocycles. The molecule has 2 heteroatoms. The Morgan fingerprint density at radius 2 is 1.90 bits per heavy atom. The minimum atomic E-state index is 0.580. The van der Waals surface area contributed by atoms with E-state index in [1.54, 1.807) is 0 Å². The fourth-order valence-electron chi connectivity index (χ4n) is 3.17. The van der Waals surface area contributed by atoms with E-state index in [2.05, 4.69) is 69.1 Å². The average molecular weight is 274 g/mol. The van der Waals surface area contributed by atoms with Crippen LogP contribution in [0, 0.1) is 5.92 Å². The van der Waals surface area contributed by atoms with Crippen LogP contribution in [-0.2, 0) is 0 Å².